The second-order valence-electron chi connectivity index (χ2n) is 15.3. The maximum atomic E-state index is 14.8. The van der Waals surface area contributed by atoms with Crippen LogP contribution >= 0.6 is 0 Å². The molecule has 5 aliphatic rings. The van der Waals surface area contributed by atoms with Gasteiger partial charge < -0.3 is 28.5 Å². The average Bonchev–Trinajstić information content (AvgIpc) is 3.66. The number of hydrogen-bond acceptors (Lipinski definition) is 9. The first-order valence-corrected chi connectivity index (χ1v) is 19.3. The molecule has 248 valence electrons. The van der Waals surface area contributed by atoms with Crippen LogP contribution in [0.3, 0.4) is 0 Å². The summed E-state index contributed by atoms with van der Waals surface area (Å²) in [5, 5.41) is 13.2. The van der Waals surface area contributed by atoms with Crippen LogP contribution in [0.25, 0.3) is 0 Å². The van der Waals surface area contributed by atoms with Gasteiger partial charge in [-0.25, -0.2) is 4.79 Å². The quantitative estimate of drug-likeness (QED) is 0.226. The lowest BCUT2D eigenvalue weighted by Gasteiger charge is -2.68. The van der Waals surface area contributed by atoms with E-state index in [1.54, 1.807) is 24.3 Å². The Morgan fingerprint density at radius 1 is 1.02 bits per heavy atom. The normalized spacial score (nSPS) is 42.9. The van der Waals surface area contributed by atoms with Gasteiger partial charge in [-0.05, 0) is 50.0 Å². The number of rotatable bonds is 8. The lowest BCUT2D eigenvalue weighted by Crippen LogP contribution is -2.81. The molecule has 2 saturated heterocycles. The molecule has 9 nitrogen and oxygen atoms in total. The molecular formula is C35H50O9Si. The number of benzene rings is 1. The van der Waals surface area contributed by atoms with Crippen LogP contribution in [-0.4, -0.2) is 78.5 Å². The smallest absolute Gasteiger partial charge is 0.338 e. The van der Waals surface area contributed by atoms with Crippen LogP contribution in [0.5, 0.6) is 0 Å². The van der Waals surface area contributed by atoms with Crippen molar-refractivity contribution in [3.8, 4) is 0 Å². The van der Waals surface area contributed by atoms with E-state index in [9.17, 15) is 19.5 Å². The minimum Gasteiger partial charge on any atom is -0.455 e. The number of Topliss-reactive ketones (excluding diaryl/α,β-unsaturated/α-hetero) is 1. The highest BCUT2D eigenvalue weighted by Gasteiger charge is 2.88. The highest BCUT2D eigenvalue weighted by molar-refractivity contribution is 6.73. The number of hydrogen-bond donors (Lipinski definition) is 1. The molecule has 2 heterocycles. The van der Waals surface area contributed by atoms with Gasteiger partial charge >= 0.3 is 11.9 Å². The number of ether oxygens (including phenoxy) is 4. The molecule has 1 spiro atoms. The first kappa shape index (κ1) is 32.8. The van der Waals surface area contributed by atoms with Gasteiger partial charge in [-0.15, -0.1) is 0 Å². The van der Waals surface area contributed by atoms with Gasteiger partial charge in [0, 0.05) is 30.6 Å². The zero-order valence-corrected chi connectivity index (χ0v) is 29.1. The standard InChI is InChI=1S/C35H50O9Si/c1-9-45(10-2,11-3)43-25-19-26-33(21-40-26,42-22(4)36)27-28(41-29(38)23-15-13-12-14-16-23)34(39)18-17-32(8)35(44-32,30(34,5)6)24(37)20-31(25,27)7/h12-16,25-28,39H,9-11,17-21H2,1-8H3/t25-,26+,27-,28-,31+,32+,33-,34+,35-/m0/s1. The van der Waals surface area contributed by atoms with E-state index in [0.717, 1.165) is 18.1 Å². The van der Waals surface area contributed by atoms with E-state index in [0.29, 0.717) is 18.4 Å². The van der Waals surface area contributed by atoms with E-state index >= 15 is 0 Å². The van der Waals surface area contributed by atoms with Crippen molar-refractivity contribution in [2.75, 3.05) is 6.61 Å². The Hall–Kier alpha value is -2.11. The number of carbonyl (C=O) groups is 3. The Kier molecular flexibility index (Phi) is 7.61. The second kappa shape index (κ2) is 10.4. The van der Waals surface area contributed by atoms with Crippen LogP contribution in [0.1, 0.15) is 91.4 Å². The number of fused-ring (bicyclic) bond motifs is 4. The van der Waals surface area contributed by atoms with Gasteiger partial charge in [-0.1, -0.05) is 59.7 Å². The van der Waals surface area contributed by atoms with E-state index in [2.05, 4.69) is 20.8 Å². The molecule has 0 unspecified atom stereocenters. The molecule has 0 radical (unpaired) electrons. The Bertz CT molecular complexity index is 1370. The summed E-state index contributed by atoms with van der Waals surface area (Å²) in [7, 11) is -2.24. The molecule has 10 heteroatoms. The van der Waals surface area contributed by atoms with E-state index in [1.165, 1.54) is 6.92 Å². The molecule has 1 aromatic rings. The summed E-state index contributed by atoms with van der Waals surface area (Å²) in [5.41, 5.74) is -6.73. The fourth-order valence-corrected chi connectivity index (χ4v) is 13.1. The summed E-state index contributed by atoms with van der Waals surface area (Å²) in [4.78, 5) is 41.7. The summed E-state index contributed by atoms with van der Waals surface area (Å²) in [6.45, 7) is 15.6. The zero-order valence-electron chi connectivity index (χ0n) is 28.1. The van der Waals surface area contributed by atoms with Gasteiger partial charge in [-0.2, -0.15) is 0 Å². The minimum absolute atomic E-state index is 0.0637. The highest BCUT2D eigenvalue weighted by Crippen LogP contribution is 2.74. The van der Waals surface area contributed by atoms with Crippen LogP contribution in [0.4, 0.5) is 0 Å². The minimum atomic E-state index is -2.24. The fourth-order valence-electron chi connectivity index (χ4n) is 10.1. The first-order valence-electron chi connectivity index (χ1n) is 16.8. The number of ketones is 1. The summed E-state index contributed by atoms with van der Waals surface area (Å²) < 4.78 is 32.8. The van der Waals surface area contributed by atoms with Crippen molar-refractivity contribution in [2.24, 2.45) is 16.7 Å². The molecule has 2 bridgehead atoms. The molecule has 3 saturated carbocycles. The van der Waals surface area contributed by atoms with Gasteiger partial charge in [0.15, 0.2) is 25.3 Å². The van der Waals surface area contributed by atoms with Crippen molar-refractivity contribution in [1.82, 2.24) is 0 Å². The molecule has 6 rings (SSSR count). The van der Waals surface area contributed by atoms with E-state index in [4.69, 9.17) is 23.4 Å². The largest absolute Gasteiger partial charge is 0.455 e. The van der Waals surface area contributed by atoms with Crippen molar-refractivity contribution in [3.63, 3.8) is 0 Å². The number of esters is 2. The summed E-state index contributed by atoms with van der Waals surface area (Å²) >= 11 is 0. The lowest BCUT2D eigenvalue weighted by atomic mass is 9.43. The molecule has 2 aliphatic heterocycles. The predicted molar refractivity (Wildman–Crippen MR) is 168 cm³/mol. The van der Waals surface area contributed by atoms with Crippen LogP contribution in [0.2, 0.25) is 18.1 Å². The van der Waals surface area contributed by atoms with Crippen LogP contribution in [-0.2, 0) is 33.0 Å². The number of carbonyl (C=O) groups excluding carboxylic acids is 3. The van der Waals surface area contributed by atoms with E-state index in [-0.39, 0.29) is 25.2 Å². The van der Waals surface area contributed by atoms with Crippen molar-refractivity contribution < 1.29 is 42.9 Å². The van der Waals surface area contributed by atoms with Crippen molar-refractivity contribution in [1.29, 1.82) is 0 Å². The van der Waals surface area contributed by atoms with Gasteiger partial charge in [0.1, 0.15) is 23.4 Å². The maximum absolute atomic E-state index is 14.8. The van der Waals surface area contributed by atoms with Crippen LogP contribution < -0.4 is 0 Å². The molecular weight excluding hydrogens is 592 g/mol. The van der Waals surface area contributed by atoms with Gasteiger partial charge in [-0.3, -0.25) is 9.59 Å². The fraction of sp³-hybridized carbons (Fsp3) is 0.743. The monoisotopic (exact) mass is 642 g/mol. The Balaban J connectivity index is 1.59. The second-order valence-corrected chi connectivity index (χ2v) is 20.0. The summed E-state index contributed by atoms with van der Waals surface area (Å²) in [6.07, 6.45) is -1.03. The number of epoxide rings is 1. The first-order chi connectivity index (χ1) is 21.1. The summed E-state index contributed by atoms with van der Waals surface area (Å²) in [5.74, 6) is -1.97. The molecule has 1 N–H and O–H groups in total. The highest BCUT2D eigenvalue weighted by atomic mass is 28.4. The van der Waals surface area contributed by atoms with Gasteiger partial charge in [0.05, 0.1) is 24.2 Å². The summed E-state index contributed by atoms with van der Waals surface area (Å²) in [6, 6.07) is 11.4. The van der Waals surface area contributed by atoms with Crippen LogP contribution in [0, 0.1) is 16.7 Å². The van der Waals surface area contributed by atoms with E-state index < -0.39 is 77.7 Å². The third-order valence-electron chi connectivity index (χ3n) is 13.1. The Labute approximate surface area is 267 Å². The van der Waals surface area contributed by atoms with Crippen molar-refractivity contribution in [2.45, 2.75) is 140 Å². The third kappa shape index (κ3) is 4.21. The predicted octanol–water partition coefficient (Wildman–Crippen LogP) is 5.38. The van der Waals surface area contributed by atoms with Gasteiger partial charge in [0.25, 0.3) is 0 Å². The third-order valence-corrected chi connectivity index (χ3v) is 17.7. The molecule has 5 fully saturated rings. The van der Waals surface area contributed by atoms with Crippen molar-refractivity contribution in [3.05, 3.63) is 35.9 Å². The SMILES string of the molecule is CC[Si](CC)(CC)O[C@H]1C[C@H]2OC[C@@]2(OC(C)=O)[C@H]2[C@H](OC(=O)c3ccccc3)[C@]3(O)CC[C@@]4(C)O[C@@]4(C(=O)C[C@]12C)C3(C)C. The lowest BCUT2D eigenvalue weighted by molar-refractivity contribution is -0.351. The topological polar surface area (TPSA) is 121 Å². The molecule has 0 aromatic heterocycles. The van der Waals surface area contributed by atoms with E-state index in [1.807, 2.05) is 33.8 Å². The maximum Gasteiger partial charge on any atom is 0.338 e. The molecule has 45 heavy (non-hydrogen) atoms. The average molecular weight is 643 g/mol. The zero-order chi connectivity index (χ0) is 32.8. The van der Waals surface area contributed by atoms with Crippen LogP contribution in [0.15, 0.2) is 30.3 Å². The Morgan fingerprint density at radius 3 is 2.22 bits per heavy atom. The molecule has 3 aliphatic carbocycles. The van der Waals surface area contributed by atoms with Gasteiger partial charge in [0.2, 0.25) is 0 Å². The number of aliphatic hydroxyl groups is 1. The molecule has 1 aromatic carbocycles. The molecule has 0 amide bonds. The molecule has 9 atom stereocenters. The Morgan fingerprint density at radius 2 is 1.67 bits per heavy atom. The van der Waals surface area contributed by atoms with Crippen molar-refractivity contribution >= 4 is 26.0 Å².